The average Bonchev–Trinajstić information content (AvgIpc) is 3.12. The number of carbonyl (C=O) groups is 2. The Bertz CT molecular complexity index is 1370. The maximum absolute atomic E-state index is 12.9. The molecule has 3 aromatic rings. The van der Waals surface area contributed by atoms with Crippen molar-refractivity contribution in [3.05, 3.63) is 92.3 Å². The molecule has 0 bridgehead atoms. The van der Waals surface area contributed by atoms with Crippen LogP contribution in [-0.2, 0) is 11.4 Å². The van der Waals surface area contributed by atoms with Gasteiger partial charge in [-0.15, -0.1) is 0 Å². The number of benzene rings is 3. The fourth-order valence-corrected chi connectivity index (χ4v) is 4.96. The number of halogens is 1. The minimum Gasteiger partial charge on any atom is -0.493 e. The topological polar surface area (TPSA) is 88.4 Å². The first-order chi connectivity index (χ1) is 17.2. The Hall–Kier alpha value is -3.56. The molecule has 4 rings (SSSR count). The van der Waals surface area contributed by atoms with Gasteiger partial charge in [0.1, 0.15) is 6.61 Å². The van der Waals surface area contributed by atoms with Crippen molar-refractivity contribution in [2.45, 2.75) is 13.5 Å². The Kier molecular flexibility index (Phi) is 7.81. The maximum atomic E-state index is 12.9. The quantitative estimate of drug-likeness (QED) is 0.339. The molecule has 1 N–H and O–H groups in total. The van der Waals surface area contributed by atoms with Gasteiger partial charge in [0.2, 0.25) is 0 Å². The zero-order valence-corrected chi connectivity index (χ0v) is 22.2. The van der Waals surface area contributed by atoms with E-state index in [1.54, 1.807) is 32.4 Å². The molecule has 1 saturated heterocycles. The summed E-state index contributed by atoms with van der Waals surface area (Å²) in [6.45, 7) is 2.43. The fourth-order valence-electron chi connectivity index (χ4n) is 3.39. The van der Waals surface area contributed by atoms with E-state index in [2.05, 4.69) is 20.9 Å². The Morgan fingerprint density at radius 3 is 2.47 bits per heavy atom. The molecule has 0 atom stereocenters. The first-order valence-corrected chi connectivity index (χ1v) is 12.5. The van der Waals surface area contributed by atoms with Crippen molar-refractivity contribution in [3.63, 3.8) is 0 Å². The molecule has 0 unspecified atom stereocenters. The van der Waals surface area contributed by atoms with E-state index in [9.17, 15) is 9.59 Å². The number of rotatable bonds is 7. The molecule has 36 heavy (non-hydrogen) atoms. The van der Waals surface area contributed by atoms with Gasteiger partial charge < -0.3 is 14.6 Å². The number of thioether (sulfide) groups is 1. The molecule has 184 valence electrons. The summed E-state index contributed by atoms with van der Waals surface area (Å²) >= 11 is 4.81. The SMILES string of the molecule is COc1cc(C=C2SC(=Nc3ccc(C(=O)O)cc3)N(C)C2=O)cc(Br)c1OCc1ccc(C)cc1. The van der Waals surface area contributed by atoms with Crippen LogP contribution in [-0.4, -0.2) is 41.2 Å². The first-order valence-electron chi connectivity index (χ1n) is 10.9. The van der Waals surface area contributed by atoms with Gasteiger partial charge in [-0.25, -0.2) is 9.79 Å². The second-order valence-electron chi connectivity index (χ2n) is 8.03. The van der Waals surface area contributed by atoms with Gasteiger partial charge in [-0.3, -0.25) is 9.69 Å². The molecule has 7 nitrogen and oxygen atoms in total. The van der Waals surface area contributed by atoms with E-state index in [0.717, 1.165) is 11.1 Å². The van der Waals surface area contributed by atoms with Crippen molar-refractivity contribution in [1.29, 1.82) is 0 Å². The highest BCUT2D eigenvalue weighted by molar-refractivity contribution is 9.10. The maximum Gasteiger partial charge on any atom is 0.335 e. The van der Waals surface area contributed by atoms with E-state index >= 15 is 0 Å². The van der Waals surface area contributed by atoms with Gasteiger partial charge in [-0.05, 0) is 88.2 Å². The predicted molar refractivity (Wildman–Crippen MR) is 145 cm³/mol. The van der Waals surface area contributed by atoms with Crippen LogP contribution in [0.15, 0.2) is 75.0 Å². The van der Waals surface area contributed by atoms with Crippen molar-refractivity contribution in [1.82, 2.24) is 4.90 Å². The van der Waals surface area contributed by atoms with Crippen LogP contribution in [0.5, 0.6) is 11.5 Å². The van der Waals surface area contributed by atoms with Gasteiger partial charge in [0.15, 0.2) is 16.7 Å². The number of methoxy groups -OCH3 is 1. The highest BCUT2D eigenvalue weighted by atomic mass is 79.9. The summed E-state index contributed by atoms with van der Waals surface area (Å²) in [5.74, 6) is -0.0693. The smallest absolute Gasteiger partial charge is 0.335 e. The highest BCUT2D eigenvalue weighted by Crippen LogP contribution is 2.39. The van der Waals surface area contributed by atoms with Crippen LogP contribution < -0.4 is 9.47 Å². The number of aliphatic imine (C=N–C) groups is 1. The molecular weight excluding hydrogens is 544 g/mol. The van der Waals surface area contributed by atoms with Gasteiger partial charge in [0, 0.05) is 7.05 Å². The van der Waals surface area contributed by atoms with E-state index in [1.165, 1.54) is 34.4 Å². The van der Waals surface area contributed by atoms with Crippen molar-refractivity contribution < 1.29 is 24.2 Å². The van der Waals surface area contributed by atoms with E-state index in [1.807, 2.05) is 43.3 Å². The number of carboxylic acids is 1. The molecule has 9 heteroatoms. The number of likely N-dealkylation sites (N-methyl/N-ethyl adjacent to an activating group) is 1. The van der Waals surface area contributed by atoms with Crippen molar-refractivity contribution in [2.75, 3.05) is 14.2 Å². The number of hydrogen-bond acceptors (Lipinski definition) is 6. The zero-order valence-electron chi connectivity index (χ0n) is 19.8. The molecular formula is C27H23BrN2O5S. The highest BCUT2D eigenvalue weighted by Gasteiger charge is 2.30. The third-order valence-corrected chi connectivity index (χ3v) is 7.05. The minimum absolute atomic E-state index is 0.175. The van der Waals surface area contributed by atoms with Gasteiger partial charge >= 0.3 is 5.97 Å². The fraction of sp³-hybridized carbons (Fsp3) is 0.148. The number of ether oxygens (including phenoxy) is 2. The van der Waals surface area contributed by atoms with E-state index < -0.39 is 5.97 Å². The van der Waals surface area contributed by atoms with Gasteiger partial charge in [-0.2, -0.15) is 0 Å². The molecule has 3 aromatic carbocycles. The number of carbonyl (C=O) groups excluding carboxylic acids is 1. The second-order valence-corrected chi connectivity index (χ2v) is 9.89. The van der Waals surface area contributed by atoms with E-state index in [-0.39, 0.29) is 11.5 Å². The van der Waals surface area contributed by atoms with E-state index in [0.29, 0.717) is 38.3 Å². The molecule has 1 heterocycles. The van der Waals surface area contributed by atoms with Crippen molar-refractivity contribution in [3.8, 4) is 11.5 Å². The largest absolute Gasteiger partial charge is 0.493 e. The van der Waals surface area contributed by atoms with Gasteiger partial charge in [-0.1, -0.05) is 29.8 Å². The lowest BCUT2D eigenvalue weighted by Gasteiger charge is -2.14. The lowest BCUT2D eigenvalue weighted by Crippen LogP contribution is -2.23. The van der Waals surface area contributed by atoms with Crippen LogP contribution in [0.2, 0.25) is 0 Å². The molecule has 0 aliphatic carbocycles. The third-order valence-electron chi connectivity index (χ3n) is 5.40. The van der Waals surface area contributed by atoms with Crippen LogP contribution >= 0.6 is 27.7 Å². The van der Waals surface area contributed by atoms with Crippen molar-refractivity contribution in [2.24, 2.45) is 4.99 Å². The molecule has 0 spiro atoms. The molecule has 1 aliphatic rings. The Balaban J connectivity index is 1.55. The minimum atomic E-state index is -1.00. The Morgan fingerprint density at radius 1 is 1.14 bits per heavy atom. The molecule has 0 saturated carbocycles. The summed E-state index contributed by atoms with van der Waals surface area (Å²) in [5.41, 5.74) is 3.72. The molecule has 0 radical (unpaired) electrons. The van der Waals surface area contributed by atoms with Crippen molar-refractivity contribution >= 4 is 56.5 Å². The monoisotopic (exact) mass is 566 g/mol. The zero-order chi connectivity index (χ0) is 25.8. The van der Waals surface area contributed by atoms with Crippen LogP contribution in [0, 0.1) is 6.92 Å². The van der Waals surface area contributed by atoms with Crippen LogP contribution in [0.25, 0.3) is 6.08 Å². The summed E-state index contributed by atoms with van der Waals surface area (Å²) in [7, 11) is 3.22. The molecule has 1 fully saturated rings. The summed E-state index contributed by atoms with van der Waals surface area (Å²) < 4.78 is 12.3. The Morgan fingerprint density at radius 2 is 1.83 bits per heavy atom. The number of amides is 1. The number of aromatic carboxylic acids is 1. The summed E-state index contributed by atoms with van der Waals surface area (Å²) in [4.78, 5) is 30.4. The molecule has 0 aromatic heterocycles. The van der Waals surface area contributed by atoms with Crippen LogP contribution in [0.1, 0.15) is 27.0 Å². The normalized spacial score (nSPS) is 15.6. The lowest BCUT2D eigenvalue weighted by molar-refractivity contribution is -0.121. The number of carboxylic acid groups (broad SMARTS) is 1. The second kappa shape index (κ2) is 11.0. The predicted octanol–water partition coefficient (Wildman–Crippen LogP) is 6.28. The van der Waals surface area contributed by atoms with Crippen LogP contribution in [0.4, 0.5) is 5.69 Å². The van der Waals surface area contributed by atoms with E-state index in [4.69, 9.17) is 14.6 Å². The standard InChI is InChI=1S/C27H23BrN2O5S/c1-16-4-6-17(7-5-16)15-35-24-21(28)12-18(13-22(24)34-3)14-23-25(31)30(2)27(36-23)29-20-10-8-19(9-11-20)26(32)33/h4-14H,15H2,1-3H3,(H,32,33). The molecule has 1 aliphatic heterocycles. The number of amidine groups is 1. The summed E-state index contributed by atoms with van der Waals surface area (Å²) in [5, 5.41) is 9.55. The number of aryl methyl sites for hydroxylation is 1. The summed E-state index contributed by atoms with van der Waals surface area (Å²) in [6.07, 6.45) is 1.77. The van der Waals surface area contributed by atoms with Gasteiger partial charge in [0.25, 0.3) is 5.91 Å². The first kappa shape index (κ1) is 25.5. The number of hydrogen-bond donors (Lipinski definition) is 1. The lowest BCUT2D eigenvalue weighted by atomic mass is 10.1. The Labute approximate surface area is 221 Å². The number of nitrogens with zero attached hydrogens (tertiary/aromatic N) is 2. The summed E-state index contributed by atoms with van der Waals surface area (Å²) in [6, 6.07) is 18.0. The average molecular weight is 567 g/mol. The molecule has 1 amide bonds. The third kappa shape index (κ3) is 5.80. The van der Waals surface area contributed by atoms with Crippen LogP contribution in [0.3, 0.4) is 0 Å². The van der Waals surface area contributed by atoms with Gasteiger partial charge in [0.05, 0.1) is 27.7 Å².